The second-order valence-corrected chi connectivity index (χ2v) is 6.04. The van der Waals surface area contributed by atoms with Crippen LogP contribution in [0.1, 0.15) is 51.9 Å². The number of amides is 1. The molecule has 3 fully saturated rings. The summed E-state index contributed by atoms with van der Waals surface area (Å²) < 4.78 is 0. The van der Waals surface area contributed by atoms with Crippen molar-refractivity contribution in [3.05, 3.63) is 0 Å². The maximum Gasteiger partial charge on any atom is 0.225 e. The fraction of sp³-hybridized carbons (Fsp3) is 0.929. The average molecular weight is 221 g/mol. The second kappa shape index (κ2) is 4.05. The molecular formula is C14H23NO. The Morgan fingerprint density at radius 1 is 1.19 bits per heavy atom. The topological polar surface area (TPSA) is 20.3 Å². The van der Waals surface area contributed by atoms with Crippen molar-refractivity contribution in [2.75, 3.05) is 6.54 Å². The van der Waals surface area contributed by atoms with Crippen LogP contribution in [0.3, 0.4) is 0 Å². The van der Waals surface area contributed by atoms with E-state index in [4.69, 9.17) is 0 Å². The minimum absolute atomic E-state index is 0.404. The van der Waals surface area contributed by atoms with E-state index in [1.54, 1.807) is 0 Å². The van der Waals surface area contributed by atoms with Gasteiger partial charge < -0.3 is 4.90 Å². The van der Waals surface area contributed by atoms with Crippen molar-refractivity contribution in [1.29, 1.82) is 0 Å². The zero-order valence-electron chi connectivity index (χ0n) is 10.3. The molecule has 2 unspecified atom stereocenters. The largest absolute Gasteiger partial charge is 0.339 e. The van der Waals surface area contributed by atoms with E-state index in [1.165, 1.54) is 44.9 Å². The molecule has 0 radical (unpaired) electrons. The van der Waals surface area contributed by atoms with Gasteiger partial charge in [-0.1, -0.05) is 13.3 Å². The van der Waals surface area contributed by atoms with E-state index in [0.717, 1.165) is 18.4 Å². The number of hydrogen-bond acceptors (Lipinski definition) is 1. The molecule has 0 aliphatic heterocycles. The van der Waals surface area contributed by atoms with Gasteiger partial charge in [0.15, 0.2) is 0 Å². The first-order chi connectivity index (χ1) is 7.79. The molecule has 1 amide bonds. The first-order valence-electron chi connectivity index (χ1n) is 7.10. The van der Waals surface area contributed by atoms with Gasteiger partial charge in [-0.2, -0.15) is 0 Å². The first-order valence-corrected chi connectivity index (χ1v) is 7.10. The quantitative estimate of drug-likeness (QED) is 0.699. The number of hydrogen-bond donors (Lipinski definition) is 0. The molecule has 2 heteroatoms. The lowest BCUT2D eigenvalue weighted by atomic mass is 10.0. The van der Waals surface area contributed by atoms with Crippen molar-refractivity contribution in [2.45, 2.75) is 57.9 Å². The van der Waals surface area contributed by atoms with Crippen LogP contribution in [0.5, 0.6) is 0 Å². The number of carbonyl (C=O) groups excluding carboxylic acids is 1. The van der Waals surface area contributed by atoms with E-state index >= 15 is 0 Å². The lowest BCUT2D eigenvalue weighted by Gasteiger charge is -2.26. The summed E-state index contributed by atoms with van der Waals surface area (Å²) in [7, 11) is 0. The highest BCUT2D eigenvalue weighted by atomic mass is 16.2. The molecule has 0 heterocycles. The average Bonchev–Trinajstić information content (AvgIpc) is 3.20. The third kappa shape index (κ3) is 1.99. The van der Waals surface area contributed by atoms with Gasteiger partial charge in [-0.3, -0.25) is 4.79 Å². The molecule has 0 saturated heterocycles. The van der Waals surface area contributed by atoms with Crippen molar-refractivity contribution in [2.24, 2.45) is 17.8 Å². The Labute approximate surface area is 98.4 Å². The van der Waals surface area contributed by atoms with Gasteiger partial charge in [0.05, 0.1) is 0 Å². The van der Waals surface area contributed by atoms with Crippen LogP contribution in [0, 0.1) is 17.8 Å². The van der Waals surface area contributed by atoms with Gasteiger partial charge in [-0.15, -0.1) is 0 Å². The van der Waals surface area contributed by atoms with Gasteiger partial charge in [-0.05, 0) is 50.4 Å². The van der Waals surface area contributed by atoms with Crippen molar-refractivity contribution < 1.29 is 4.79 Å². The minimum Gasteiger partial charge on any atom is -0.339 e. The SMILES string of the molecule is CCCCN(C(=O)C1CC2CC2C1)C1CC1. The maximum absolute atomic E-state index is 12.4. The third-order valence-electron chi connectivity index (χ3n) is 4.62. The second-order valence-electron chi connectivity index (χ2n) is 6.04. The van der Waals surface area contributed by atoms with Crippen molar-refractivity contribution in [3.8, 4) is 0 Å². The lowest BCUT2D eigenvalue weighted by molar-refractivity contribution is -0.136. The molecular weight excluding hydrogens is 198 g/mol. The predicted octanol–water partition coefficient (Wildman–Crippen LogP) is 2.82. The van der Waals surface area contributed by atoms with Gasteiger partial charge in [-0.25, -0.2) is 0 Å². The van der Waals surface area contributed by atoms with Crippen LogP contribution < -0.4 is 0 Å². The van der Waals surface area contributed by atoms with Crippen LogP contribution in [0.4, 0.5) is 0 Å². The number of carbonyl (C=O) groups is 1. The molecule has 90 valence electrons. The first kappa shape index (κ1) is 10.6. The van der Waals surface area contributed by atoms with Crippen LogP contribution in [0.2, 0.25) is 0 Å². The van der Waals surface area contributed by atoms with Crippen LogP contribution in [0.15, 0.2) is 0 Å². The Bertz CT molecular complexity index is 274. The Kier molecular flexibility index (Phi) is 2.68. The summed E-state index contributed by atoms with van der Waals surface area (Å²) in [6.45, 7) is 3.23. The van der Waals surface area contributed by atoms with Gasteiger partial charge >= 0.3 is 0 Å². The molecule has 0 aromatic rings. The molecule has 0 spiro atoms. The summed E-state index contributed by atoms with van der Waals surface area (Å²) in [5, 5.41) is 0. The third-order valence-corrected chi connectivity index (χ3v) is 4.62. The van der Waals surface area contributed by atoms with E-state index in [2.05, 4.69) is 11.8 Å². The molecule has 3 saturated carbocycles. The maximum atomic E-state index is 12.4. The summed E-state index contributed by atoms with van der Waals surface area (Å²) >= 11 is 0. The molecule has 16 heavy (non-hydrogen) atoms. The van der Waals surface area contributed by atoms with E-state index in [0.29, 0.717) is 17.9 Å². The molecule has 0 aromatic carbocycles. The molecule has 3 aliphatic carbocycles. The van der Waals surface area contributed by atoms with E-state index in [1.807, 2.05) is 0 Å². The Hall–Kier alpha value is -0.530. The van der Waals surface area contributed by atoms with Gasteiger partial charge in [0, 0.05) is 18.5 Å². The van der Waals surface area contributed by atoms with Gasteiger partial charge in [0.1, 0.15) is 0 Å². The summed E-state index contributed by atoms with van der Waals surface area (Å²) in [5.41, 5.74) is 0. The molecule has 3 rings (SSSR count). The predicted molar refractivity (Wildman–Crippen MR) is 64.0 cm³/mol. The Balaban J connectivity index is 1.57. The highest BCUT2D eigenvalue weighted by Crippen LogP contribution is 2.55. The summed E-state index contributed by atoms with van der Waals surface area (Å²) in [6, 6.07) is 0.621. The van der Waals surface area contributed by atoms with Gasteiger partial charge in [0.25, 0.3) is 0 Å². The molecule has 0 N–H and O–H groups in total. The number of fused-ring (bicyclic) bond motifs is 1. The molecule has 0 aromatic heterocycles. The zero-order valence-corrected chi connectivity index (χ0v) is 10.3. The fourth-order valence-corrected chi connectivity index (χ4v) is 3.34. The monoisotopic (exact) mass is 221 g/mol. The van der Waals surface area contributed by atoms with Crippen LogP contribution >= 0.6 is 0 Å². The van der Waals surface area contributed by atoms with E-state index in [-0.39, 0.29) is 0 Å². The van der Waals surface area contributed by atoms with Crippen LogP contribution in [0.25, 0.3) is 0 Å². The molecule has 2 nitrogen and oxygen atoms in total. The van der Waals surface area contributed by atoms with Crippen molar-refractivity contribution in [3.63, 3.8) is 0 Å². The highest BCUT2D eigenvalue weighted by Gasteiger charge is 2.49. The Morgan fingerprint density at radius 3 is 2.44 bits per heavy atom. The highest BCUT2D eigenvalue weighted by molar-refractivity contribution is 5.80. The smallest absolute Gasteiger partial charge is 0.225 e. The van der Waals surface area contributed by atoms with E-state index in [9.17, 15) is 4.79 Å². The summed E-state index contributed by atoms with van der Waals surface area (Å²) in [5.74, 6) is 2.77. The fourth-order valence-electron chi connectivity index (χ4n) is 3.34. The van der Waals surface area contributed by atoms with Crippen molar-refractivity contribution in [1.82, 2.24) is 4.90 Å². The molecule has 3 aliphatic rings. The zero-order chi connectivity index (χ0) is 11.1. The minimum atomic E-state index is 0.404. The normalized spacial score (nSPS) is 35.9. The van der Waals surface area contributed by atoms with Gasteiger partial charge in [0.2, 0.25) is 5.91 Å². The Morgan fingerprint density at radius 2 is 1.88 bits per heavy atom. The number of unbranched alkanes of at least 4 members (excludes halogenated alkanes) is 1. The number of rotatable bonds is 5. The van der Waals surface area contributed by atoms with Crippen LogP contribution in [-0.2, 0) is 4.79 Å². The summed E-state index contributed by atoms with van der Waals surface area (Å²) in [4.78, 5) is 14.6. The lowest BCUT2D eigenvalue weighted by Crippen LogP contribution is -2.38. The van der Waals surface area contributed by atoms with Crippen molar-refractivity contribution >= 4 is 5.91 Å². The standard InChI is InChI=1S/C14H23NO/c1-2-3-6-15(13-4-5-13)14(16)12-8-10-7-11(10)9-12/h10-13H,2-9H2,1H3. The summed E-state index contributed by atoms with van der Waals surface area (Å²) in [6.07, 6.45) is 8.73. The molecule has 0 bridgehead atoms. The number of nitrogens with zero attached hydrogens (tertiary/aromatic N) is 1. The molecule has 2 atom stereocenters. The van der Waals surface area contributed by atoms with Crippen LogP contribution in [-0.4, -0.2) is 23.4 Å². The van der Waals surface area contributed by atoms with E-state index < -0.39 is 0 Å².